The maximum absolute atomic E-state index is 12.7. The van der Waals surface area contributed by atoms with Crippen molar-refractivity contribution in [1.29, 1.82) is 0 Å². The van der Waals surface area contributed by atoms with Crippen LogP contribution in [-0.2, 0) is 28.6 Å². The van der Waals surface area contributed by atoms with Gasteiger partial charge >= 0.3 is 17.9 Å². The molecule has 0 heterocycles. The maximum Gasteiger partial charge on any atom is 0.306 e. The molecule has 6 nitrogen and oxygen atoms in total. The molecule has 0 saturated carbocycles. The fraction of sp³-hybridized carbons (Fsp3) is 0.894. The minimum absolute atomic E-state index is 0.0672. The van der Waals surface area contributed by atoms with E-state index < -0.39 is 6.10 Å². The van der Waals surface area contributed by atoms with E-state index in [1.807, 2.05) is 0 Å². The van der Waals surface area contributed by atoms with Crippen molar-refractivity contribution >= 4 is 17.9 Å². The van der Waals surface area contributed by atoms with Crippen molar-refractivity contribution in [2.45, 2.75) is 258 Å². The van der Waals surface area contributed by atoms with Gasteiger partial charge in [0.1, 0.15) is 13.2 Å². The van der Waals surface area contributed by atoms with Gasteiger partial charge in [-0.3, -0.25) is 14.4 Å². The SMILES string of the molecule is CCCCCC/C=C\CCCCCCCCCC(=O)OCC(COC(=O)CCCCCCCCCCC)OC(=O)CCCCCCCCCCCCC. The molecule has 312 valence electrons. The largest absolute Gasteiger partial charge is 0.462 e. The molecule has 0 amide bonds. The molecule has 0 aliphatic heterocycles. The monoisotopic (exact) mass is 749 g/mol. The predicted octanol–water partition coefficient (Wildman–Crippen LogP) is 14.6. The molecule has 0 aliphatic carbocycles. The summed E-state index contributed by atoms with van der Waals surface area (Å²) in [6, 6.07) is 0. The minimum atomic E-state index is -0.762. The van der Waals surface area contributed by atoms with Crippen LogP contribution in [0.25, 0.3) is 0 Å². The van der Waals surface area contributed by atoms with E-state index in [0.29, 0.717) is 19.3 Å². The van der Waals surface area contributed by atoms with Gasteiger partial charge in [0, 0.05) is 19.3 Å². The topological polar surface area (TPSA) is 78.9 Å². The minimum Gasteiger partial charge on any atom is -0.462 e. The van der Waals surface area contributed by atoms with Crippen LogP contribution in [0.3, 0.4) is 0 Å². The summed E-state index contributed by atoms with van der Waals surface area (Å²) in [6.07, 6.45) is 44.8. The lowest BCUT2D eigenvalue weighted by atomic mass is 10.1. The van der Waals surface area contributed by atoms with Crippen LogP contribution < -0.4 is 0 Å². The fourth-order valence-electron chi connectivity index (χ4n) is 6.73. The van der Waals surface area contributed by atoms with Crippen LogP contribution >= 0.6 is 0 Å². The van der Waals surface area contributed by atoms with E-state index in [1.54, 1.807) is 0 Å². The molecular formula is C47H88O6. The number of rotatable bonds is 42. The summed E-state index contributed by atoms with van der Waals surface area (Å²) in [5, 5.41) is 0. The molecule has 0 aromatic carbocycles. The Morgan fingerprint density at radius 1 is 0.358 bits per heavy atom. The van der Waals surface area contributed by atoms with Gasteiger partial charge in [-0.05, 0) is 44.9 Å². The van der Waals surface area contributed by atoms with Gasteiger partial charge in [0.15, 0.2) is 6.10 Å². The number of carbonyl (C=O) groups is 3. The molecule has 1 atom stereocenters. The standard InChI is InChI=1S/C47H88O6/c1-4-7-10-13-16-19-21-22-23-24-26-28-31-34-37-40-46(49)52-43-44(42-51-45(48)39-36-33-30-27-18-15-12-9-6-3)53-47(50)41-38-35-32-29-25-20-17-14-11-8-5-2/h19,21,44H,4-18,20,22-43H2,1-3H3/b21-19-. The Morgan fingerprint density at radius 2 is 0.623 bits per heavy atom. The van der Waals surface area contributed by atoms with Crippen LogP contribution in [0.15, 0.2) is 12.2 Å². The molecular weight excluding hydrogens is 661 g/mol. The van der Waals surface area contributed by atoms with Gasteiger partial charge in [-0.1, -0.05) is 200 Å². The zero-order valence-corrected chi connectivity index (χ0v) is 35.6. The van der Waals surface area contributed by atoms with Crippen molar-refractivity contribution < 1.29 is 28.6 Å². The highest BCUT2D eigenvalue weighted by molar-refractivity contribution is 5.71. The summed E-state index contributed by atoms with van der Waals surface area (Å²) in [5.74, 6) is -0.866. The van der Waals surface area contributed by atoms with Gasteiger partial charge < -0.3 is 14.2 Å². The third-order valence-electron chi connectivity index (χ3n) is 10.3. The number of hydrogen-bond acceptors (Lipinski definition) is 6. The zero-order chi connectivity index (χ0) is 38.7. The highest BCUT2D eigenvalue weighted by Gasteiger charge is 2.19. The average molecular weight is 749 g/mol. The molecule has 6 heteroatoms. The van der Waals surface area contributed by atoms with Gasteiger partial charge in [-0.15, -0.1) is 0 Å². The Labute approximate surface area is 329 Å². The van der Waals surface area contributed by atoms with Crippen LogP contribution in [0, 0.1) is 0 Å². The van der Waals surface area contributed by atoms with Crippen LogP contribution in [-0.4, -0.2) is 37.2 Å². The first kappa shape index (κ1) is 51.1. The quantitative estimate of drug-likeness (QED) is 0.0268. The molecule has 0 N–H and O–H groups in total. The first-order valence-electron chi connectivity index (χ1n) is 23.2. The Hall–Kier alpha value is -1.85. The van der Waals surface area contributed by atoms with Gasteiger partial charge in [0.2, 0.25) is 0 Å². The molecule has 0 spiro atoms. The molecule has 0 aromatic rings. The Kier molecular flexibility index (Phi) is 41.4. The lowest BCUT2D eigenvalue weighted by Gasteiger charge is -2.18. The summed E-state index contributed by atoms with van der Waals surface area (Å²) in [7, 11) is 0. The third kappa shape index (κ3) is 41.2. The first-order chi connectivity index (χ1) is 26.0. The van der Waals surface area contributed by atoms with E-state index in [4.69, 9.17) is 14.2 Å². The van der Waals surface area contributed by atoms with E-state index in [2.05, 4.69) is 32.9 Å². The summed E-state index contributed by atoms with van der Waals surface area (Å²) in [5.41, 5.74) is 0. The van der Waals surface area contributed by atoms with Crippen LogP contribution in [0.2, 0.25) is 0 Å². The van der Waals surface area contributed by atoms with Gasteiger partial charge in [-0.25, -0.2) is 0 Å². The van der Waals surface area contributed by atoms with Crippen molar-refractivity contribution in [3.05, 3.63) is 12.2 Å². The number of allylic oxidation sites excluding steroid dienone is 2. The molecule has 0 radical (unpaired) electrons. The molecule has 1 unspecified atom stereocenters. The molecule has 0 rings (SSSR count). The molecule has 0 saturated heterocycles. The zero-order valence-electron chi connectivity index (χ0n) is 35.6. The number of carbonyl (C=O) groups excluding carboxylic acids is 3. The summed E-state index contributed by atoms with van der Waals surface area (Å²) >= 11 is 0. The average Bonchev–Trinajstić information content (AvgIpc) is 3.15. The first-order valence-corrected chi connectivity index (χ1v) is 23.2. The second-order valence-electron chi connectivity index (χ2n) is 15.7. The smallest absolute Gasteiger partial charge is 0.306 e. The Morgan fingerprint density at radius 3 is 0.962 bits per heavy atom. The maximum atomic E-state index is 12.7. The molecule has 0 fully saturated rings. The normalized spacial score (nSPS) is 12.0. The van der Waals surface area contributed by atoms with Crippen molar-refractivity contribution in [2.24, 2.45) is 0 Å². The highest BCUT2D eigenvalue weighted by Crippen LogP contribution is 2.15. The van der Waals surface area contributed by atoms with Crippen molar-refractivity contribution in [2.75, 3.05) is 13.2 Å². The third-order valence-corrected chi connectivity index (χ3v) is 10.3. The van der Waals surface area contributed by atoms with E-state index in [1.165, 1.54) is 154 Å². The number of ether oxygens (including phenoxy) is 3. The van der Waals surface area contributed by atoms with E-state index in [0.717, 1.165) is 57.8 Å². The van der Waals surface area contributed by atoms with E-state index in [-0.39, 0.29) is 31.1 Å². The summed E-state index contributed by atoms with van der Waals surface area (Å²) in [4.78, 5) is 37.7. The Bertz CT molecular complexity index is 824. The lowest BCUT2D eigenvalue weighted by Crippen LogP contribution is -2.30. The molecule has 0 bridgehead atoms. The predicted molar refractivity (Wildman–Crippen MR) is 224 cm³/mol. The molecule has 53 heavy (non-hydrogen) atoms. The van der Waals surface area contributed by atoms with Crippen molar-refractivity contribution in [1.82, 2.24) is 0 Å². The molecule has 0 aliphatic rings. The van der Waals surface area contributed by atoms with Gasteiger partial charge in [-0.2, -0.15) is 0 Å². The van der Waals surface area contributed by atoms with E-state index >= 15 is 0 Å². The van der Waals surface area contributed by atoms with Gasteiger partial charge in [0.05, 0.1) is 0 Å². The highest BCUT2D eigenvalue weighted by atomic mass is 16.6. The molecule has 0 aromatic heterocycles. The van der Waals surface area contributed by atoms with Crippen LogP contribution in [0.1, 0.15) is 252 Å². The number of unbranched alkanes of at least 4 members (excludes halogenated alkanes) is 29. The second-order valence-corrected chi connectivity index (χ2v) is 15.7. The van der Waals surface area contributed by atoms with Crippen molar-refractivity contribution in [3.8, 4) is 0 Å². The number of esters is 3. The second kappa shape index (κ2) is 42.9. The summed E-state index contributed by atoms with van der Waals surface area (Å²) < 4.78 is 16.7. The number of hydrogen-bond donors (Lipinski definition) is 0. The fourth-order valence-corrected chi connectivity index (χ4v) is 6.73. The van der Waals surface area contributed by atoms with Crippen LogP contribution in [0.4, 0.5) is 0 Å². The van der Waals surface area contributed by atoms with Crippen LogP contribution in [0.5, 0.6) is 0 Å². The summed E-state index contributed by atoms with van der Waals surface area (Å²) in [6.45, 7) is 6.61. The Balaban J connectivity index is 4.30. The lowest BCUT2D eigenvalue weighted by molar-refractivity contribution is -0.167. The van der Waals surface area contributed by atoms with Gasteiger partial charge in [0.25, 0.3) is 0 Å². The van der Waals surface area contributed by atoms with E-state index in [9.17, 15) is 14.4 Å². The van der Waals surface area contributed by atoms with Crippen molar-refractivity contribution in [3.63, 3.8) is 0 Å².